The Morgan fingerprint density at radius 2 is 2.35 bits per heavy atom. The molecule has 0 aliphatic rings. The first kappa shape index (κ1) is 13.7. The second kappa shape index (κ2) is 7.03. The molecule has 0 fully saturated rings. The molecule has 1 rings (SSSR count). The van der Waals surface area contributed by atoms with E-state index in [1.807, 2.05) is 0 Å². The smallest absolute Gasteiger partial charge is 0.187 e. The number of rotatable bonds is 4. The minimum absolute atomic E-state index is 0.156. The van der Waals surface area contributed by atoms with E-state index in [0.717, 1.165) is 4.47 Å². The predicted octanol–water partition coefficient (Wildman–Crippen LogP) is 2.14. The van der Waals surface area contributed by atoms with Gasteiger partial charge in [0, 0.05) is 16.6 Å². The van der Waals surface area contributed by atoms with E-state index in [2.05, 4.69) is 38.4 Å². The summed E-state index contributed by atoms with van der Waals surface area (Å²) >= 11 is 8.25. The monoisotopic (exact) mass is 313 g/mol. The van der Waals surface area contributed by atoms with Crippen molar-refractivity contribution < 1.29 is 5.11 Å². The quantitative estimate of drug-likeness (QED) is 0.345. The van der Waals surface area contributed by atoms with Gasteiger partial charge < -0.3 is 10.4 Å². The van der Waals surface area contributed by atoms with Crippen LogP contribution in [0.25, 0.3) is 0 Å². The Kier molecular flexibility index (Phi) is 5.65. The lowest BCUT2D eigenvalue weighted by Crippen LogP contribution is -2.31. The Bertz CT molecular complexity index is 448. The highest BCUT2D eigenvalue weighted by atomic mass is 79.9. The van der Waals surface area contributed by atoms with Crippen molar-refractivity contribution in [2.24, 2.45) is 5.10 Å². The number of nitrogens with one attached hydrogen (secondary N) is 2. The molecule has 90 valence electrons. The summed E-state index contributed by atoms with van der Waals surface area (Å²) in [5.41, 5.74) is 3.22. The summed E-state index contributed by atoms with van der Waals surface area (Å²) in [4.78, 5) is 0. The summed E-state index contributed by atoms with van der Waals surface area (Å²) in [6.07, 6.45) is 3.18. The third-order valence-corrected chi connectivity index (χ3v) is 2.50. The molecule has 0 heterocycles. The van der Waals surface area contributed by atoms with Gasteiger partial charge in [0.05, 0.1) is 6.21 Å². The lowest BCUT2D eigenvalue weighted by molar-refractivity contribution is 0.474. The van der Waals surface area contributed by atoms with Crippen LogP contribution in [0.2, 0.25) is 0 Å². The van der Waals surface area contributed by atoms with E-state index in [4.69, 9.17) is 12.2 Å². The lowest BCUT2D eigenvalue weighted by atomic mass is 10.2. The van der Waals surface area contributed by atoms with Crippen molar-refractivity contribution in [1.82, 2.24) is 10.7 Å². The van der Waals surface area contributed by atoms with Crippen molar-refractivity contribution in [2.75, 3.05) is 6.54 Å². The van der Waals surface area contributed by atoms with Gasteiger partial charge in [-0.15, -0.1) is 6.58 Å². The van der Waals surface area contributed by atoms with Crippen LogP contribution in [0, 0.1) is 0 Å². The van der Waals surface area contributed by atoms with Crippen molar-refractivity contribution in [3.63, 3.8) is 0 Å². The number of thiocarbonyl (C=S) groups is 1. The number of halogens is 1. The summed E-state index contributed by atoms with van der Waals surface area (Å²) < 4.78 is 0.865. The summed E-state index contributed by atoms with van der Waals surface area (Å²) in [5.74, 6) is 0.156. The molecule has 4 nitrogen and oxygen atoms in total. The number of hydrazone groups is 1. The molecule has 0 atom stereocenters. The third-order valence-electron chi connectivity index (χ3n) is 1.77. The Hall–Kier alpha value is -1.40. The third kappa shape index (κ3) is 4.97. The normalized spacial score (nSPS) is 10.2. The van der Waals surface area contributed by atoms with Crippen LogP contribution < -0.4 is 10.7 Å². The van der Waals surface area contributed by atoms with E-state index < -0.39 is 0 Å². The first-order valence-corrected chi connectivity index (χ1v) is 6.00. The van der Waals surface area contributed by atoms with Gasteiger partial charge in [-0.1, -0.05) is 22.0 Å². The van der Waals surface area contributed by atoms with Gasteiger partial charge in [-0.3, -0.25) is 5.43 Å². The molecular weight excluding hydrogens is 302 g/mol. The predicted molar refractivity (Wildman–Crippen MR) is 77.3 cm³/mol. The van der Waals surface area contributed by atoms with Crippen molar-refractivity contribution in [3.8, 4) is 5.75 Å². The molecule has 1 aromatic rings. The minimum atomic E-state index is 0.156. The van der Waals surface area contributed by atoms with Gasteiger partial charge in [0.25, 0.3) is 0 Å². The Balaban J connectivity index is 2.56. The first-order valence-electron chi connectivity index (χ1n) is 4.80. The highest BCUT2D eigenvalue weighted by molar-refractivity contribution is 9.10. The van der Waals surface area contributed by atoms with Crippen molar-refractivity contribution >= 4 is 39.5 Å². The van der Waals surface area contributed by atoms with Crippen LogP contribution >= 0.6 is 28.1 Å². The van der Waals surface area contributed by atoms with Crippen LogP contribution in [-0.4, -0.2) is 23.0 Å². The highest BCUT2D eigenvalue weighted by Crippen LogP contribution is 2.19. The fourth-order valence-electron chi connectivity index (χ4n) is 0.994. The first-order chi connectivity index (χ1) is 8.13. The van der Waals surface area contributed by atoms with Crippen LogP contribution in [-0.2, 0) is 0 Å². The molecule has 0 amide bonds. The van der Waals surface area contributed by atoms with Crippen LogP contribution in [0.1, 0.15) is 5.56 Å². The fourth-order valence-corrected chi connectivity index (χ4v) is 1.51. The molecule has 3 N–H and O–H groups in total. The fraction of sp³-hybridized carbons (Fsp3) is 0.0909. The summed E-state index contributed by atoms with van der Waals surface area (Å²) in [5, 5.41) is 16.7. The van der Waals surface area contributed by atoms with Gasteiger partial charge in [0.15, 0.2) is 5.11 Å². The molecule has 17 heavy (non-hydrogen) atoms. The van der Waals surface area contributed by atoms with E-state index >= 15 is 0 Å². The second-order valence-corrected chi connectivity index (χ2v) is 4.40. The van der Waals surface area contributed by atoms with Gasteiger partial charge in [0.1, 0.15) is 5.75 Å². The average molecular weight is 314 g/mol. The van der Waals surface area contributed by atoms with Gasteiger partial charge >= 0.3 is 0 Å². The maximum Gasteiger partial charge on any atom is 0.187 e. The zero-order valence-corrected chi connectivity index (χ0v) is 11.4. The number of nitrogens with zero attached hydrogens (tertiary/aromatic N) is 1. The summed E-state index contributed by atoms with van der Waals surface area (Å²) in [7, 11) is 0. The highest BCUT2D eigenvalue weighted by Gasteiger charge is 1.98. The lowest BCUT2D eigenvalue weighted by Gasteiger charge is -2.03. The van der Waals surface area contributed by atoms with E-state index in [0.29, 0.717) is 17.2 Å². The zero-order chi connectivity index (χ0) is 12.7. The molecule has 0 aromatic heterocycles. The summed E-state index contributed by atoms with van der Waals surface area (Å²) in [6.45, 7) is 4.13. The number of hydrogen-bond donors (Lipinski definition) is 3. The number of phenols is 1. The van der Waals surface area contributed by atoms with Crippen LogP contribution in [0.5, 0.6) is 5.75 Å². The number of aromatic hydroxyl groups is 1. The van der Waals surface area contributed by atoms with Gasteiger partial charge in [-0.05, 0) is 30.4 Å². The molecule has 0 aliphatic heterocycles. The molecule has 0 bridgehead atoms. The van der Waals surface area contributed by atoms with E-state index in [9.17, 15) is 5.11 Å². The van der Waals surface area contributed by atoms with E-state index in [-0.39, 0.29) is 5.75 Å². The molecular formula is C11H12BrN3OS. The molecule has 1 aromatic carbocycles. The maximum absolute atomic E-state index is 9.54. The maximum atomic E-state index is 9.54. The molecule has 6 heteroatoms. The standard InChI is InChI=1S/C11H12BrN3OS/c1-2-5-13-11(17)15-14-7-8-6-9(12)3-4-10(8)16/h2-4,6-7,16H,1,5H2,(H2,13,15,17). The van der Waals surface area contributed by atoms with Crippen molar-refractivity contribution in [1.29, 1.82) is 0 Å². The SMILES string of the molecule is C=CCNC(=S)NN=Cc1cc(Br)ccc1O. The topological polar surface area (TPSA) is 56.7 Å². The Morgan fingerprint density at radius 1 is 1.59 bits per heavy atom. The van der Waals surface area contributed by atoms with Gasteiger partial charge in [0.2, 0.25) is 0 Å². The van der Waals surface area contributed by atoms with Crippen LogP contribution in [0.4, 0.5) is 0 Å². The zero-order valence-electron chi connectivity index (χ0n) is 8.98. The van der Waals surface area contributed by atoms with Gasteiger partial charge in [-0.25, -0.2) is 0 Å². The van der Waals surface area contributed by atoms with Crippen LogP contribution in [0.3, 0.4) is 0 Å². The average Bonchev–Trinajstić information content (AvgIpc) is 2.31. The van der Waals surface area contributed by atoms with Gasteiger partial charge in [-0.2, -0.15) is 5.10 Å². The number of phenolic OH excluding ortho intramolecular Hbond substituents is 1. The molecule has 0 unspecified atom stereocenters. The molecule has 0 aliphatic carbocycles. The second-order valence-electron chi connectivity index (χ2n) is 3.07. The minimum Gasteiger partial charge on any atom is -0.507 e. The molecule has 0 saturated carbocycles. The van der Waals surface area contributed by atoms with Crippen molar-refractivity contribution in [3.05, 3.63) is 40.9 Å². The van der Waals surface area contributed by atoms with E-state index in [1.54, 1.807) is 24.3 Å². The van der Waals surface area contributed by atoms with E-state index in [1.165, 1.54) is 6.21 Å². The summed E-state index contributed by atoms with van der Waals surface area (Å²) in [6, 6.07) is 5.08. The Morgan fingerprint density at radius 3 is 3.06 bits per heavy atom. The molecule has 0 radical (unpaired) electrons. The largest absolute Gasteiger partial charge is 0.507 e. The Labute approximate surface area is 114 Å². The number of hydrogen-bond acceptors (Lipinski definition) is 3. The molecule has 0 spiro atoms. The molecule has 0 saturated heterocycles. The number of benzene rings is 1. The van der Waals surface area contributed by atoms with Crippen molar-refractivity contribution in [2.45, 2.75) is 0 Å². The van der Waals surface area contributed by atoms with Crippen LogP contribution in [0.15, 0.2) is 40.4 Å².